The molecule has 1 aromatic carbocycles. The van der Waals surface area contributed by atoms with E-state index in [2.05, 4.69) is 21.2 Å². The molecule has 150 valence electrons. The Hall–Kier alpha value is -2.61. The molecule has 2 saturated heterocycles. The summed E-state index contributed by atoms with van der Waals surface area (Å²) < 4.78 is 0. The minimum absolute atomic E-state index is 0.104. The highest BCUT2D eigenvalue weighted by atomic mass is 16.4. The van der Waals surface area contributed by atoms with Gasteiger partial charge in [0.2, 0.25) is 11.8 Å². The molecule has 2 fully saturated rings. The van der Waals surface area contributed by atoms with E-state index in [0.29, 0.717) is 18.9 Å². The first kappa shape index (κ1) is 18.7. The summed E-state index contributed by atoms with van der Waals surface area (Å²) in [7, 11) is 0. The minimum Gasteiger partial charge on any atom is -0.480 e. The quantitative estimate of drug-likeness (QED) is 0.735. The van der Waals surface area contributed by atoms with E-state index in [1.807, 2.05) is 23.1 Å². The standard InChI is InChI=1S/C20H26N4O4/c25-18-6-5-17(20(28)21-18)24-12-11-23(15-3-1-2-4-16(15)24)14-7-9-22(10-8-14)13-19(26)27/h1-4,14,17H,5-13H2,(H,26,27)(H,21,25,28). The van der Waals surface area contributed by atoms with Crippen molar-refractivity contribution in [3.8, 4) is 0 Å². The van der Waals surface area contributed by atoms with Crippen LogP contribution in [0.25, 0.3) is 0 Å². The predicted molar refractivity (Wildman–Crippen MR) is 104 cm³/mol. The van der Waals surface area contributed by atoms with Gasteiger partial charge in [0.1, 0.15) is 6.04 Å². The van der Waals surface area contributed by atoms with E-state index in [0.717, 1.165) is 50.4 Å². The summed E-state index contributed by atoms with van der Waals surface area (Å²) in [5, 5.41) is 11.5. The van der Waals surface area contributed by atoms with Gasteiger partial charge in [-0.1, -0.05) is 12.1 Å². The molecule has 4 rings (SSSR count). The first-order valence-corrected chi connectivity index (χ1v) is 9.93. The predicted octanol–water partition coefficient (Wildman–Crippen LogP) is 0.667. The number of amides is 2. The molecule has 2 amide bonds. The van der Waals surface area contributed by atoms with Gasteiger partial charge in [0.25, 0.3) is 0 Å². The highest BCUT2D eigenvalue weighted by Crippen LogP contribution is 2.38. The fraction of sp³-hybridized carbons (Fsp3) is 0.550. The molecule has 3 heterocycles. The van der Waals surface area contributed by atoms with Crippen LogP contribution in [-0.2, 0) is 14.4 Å². The van der Waals surface area contributed by atoms with Crippen LogP contribution in [0, 0.1) is 0 Å². The van der Waals surface area contributed by atoms with E-state index >= 15 is 0 Å². The van der Waals surface area contributed by atoms with Crippen molar-refractivity contribution in [1.29, 1.82) is 0 Å². The zero-order chi connectivity index (χ0) is 19.7. The maximum Gasteiger partial charge on any atom is 0.317 e. The van der Waals surface area contributed by atoms with Crippen LogP contribution in [0.3, 0.4) is 0 Å². The number of hydrogen-bond donors (Lipinski definition) is 2. The smallest absolute Gasteiger partial charge is 0.317 e. The topological polar surface area (TPSA) is 93.2 Å². The number of carboxylic acids is 1. The molecule has 3 aliphatic heterocycles. The van der Waals surface area contributed by atoms with Crippen LogP contribution in [-0.4, -0.2) is 72.6 Å². The molecule has 8 nitrogen and oxygen atoms in total. The van der Waals surface area contributed by atoms with E-state index in [1.165, 1.54) is 0 Å². The number of nitrogens with one attached hydrogen (secondary N) is 1. The molecule has 1 atom stereocenters. The Labute approximate surface area is 164 Å². The Morgan fingerprint density at radius 1 is 1.00 bits per heavy atom. The fourth-order valence-electron chi connectivity index (χ4n) is 4.67. The van der Waals surface area contributed by atoms with Crippen molar-refractivity contribution in [3.05, 3.63) is 24.3 Å². The number of hydrogen-bond acceptors (Lipinski definition) is 6. The molecule has 0 aromatic heterocycles. The number of benzene rings is 1. The lowest BCUT2D eigenvalue weighted by molar-refractivity contribution is -0.138. The number of likely N-dealkylation sites (tertiary alicyclic amines) is 1. The Morgan fingerprint density at radius 3 is 2.29 bits per heavy atom. The molecule has 0 saturated carbocycles. The van der Waals surface area contributed by atoms with Crippen molar-refractivity contribution in [3.63, 3.8) is 0 Å². The summed E-state index contributed by atoms with van der Waals surface area (Å²) in [6.07, 6.45) is 2.79. The number of nitrogens with zero attached hydrogens (tertiary/aromatic N) is 3. The Kier molecular flexibility index (Phi) is 5.21. The first-order chi connectivity index (χ1) is 13.5. The number of rotatable bonds is 4. The zero-order valence-electron chi connectivity index (χ0n) is 15.8. The molecule has 0 radical (unpaired) electrons. The average Bonchev–Trinajstić information content (AvgIpc) is 2.68. The van der Waals surface area contributed by atoms with Crippen molar-refractivity contribution >= 4 is 29.2 Å². The molecular formula is C20H26N4O4. The number of anilines is 2. The maximum absolute atomic E-state index is 12.4. The van der Waals surface area contributed by atoms with Crippen LogP contribution < -0.4 is 15.1 Å². The third kappa shape index (κ3) is 3.69. The third-order valence-electron chi connectivity index (χ3n) is 6.03. The summed E-state index contributed by atoms with van der Waals surface area (Å²) in [5.41, 5.74) is 2.16. The molecule has 8 heteroatoms. The van der Waals surface area contributed by atoms with E-state index < -0.39 is 5.97 Å². The second-order valence-corrected chi connectivity index (χ2v) is 7.74. The van der Waals surface area contributed by atoms with Crippen molar-refractivity contribution in [1.82, 2.24) is 10.2 Å². The van der Waals surface area contributed by atoms with Gasteiger partial charge in [-0.15, -0.1) is 0 Å². The lowest BCUT2D eigenvalue weighted by atomic mass is 9.98. The monoisotopic (exact) mass is 386 g/mol. The number of piperidine rings is 2. The van der Waals surface area contributed by atoms with Crippen molar-refractivity contribution in [2.75, 3.05) is 42.5 Å². The second kappa shape index (κ2) is 7.79. The summed E-state index contributed by atoms with van der Waals surface area (Å²) in [6.45, 7) is 3.22. The lowest BCUT2D eigenvalue weighted by Crippen LogP contribution is -2.57. The van der Waals surface area contributed by atoms with Crippen molar-refractivity contribution in [2.45, 2.75) is 37.8 Å². The number of carboxylic acid groups (broad SMARTS) is 1. The number of aliphatic carboxylic acids is 1. The molecule has 0 spiro atoms. The number of imide groups is 1. The summed E-state index contributed by atoms with van der Waals surface area (Å²) in [6, 6.07) is 8.20. The van der Waals surface area contributed by atoms with Crippen LogP contribution in [0.5, 0.6) is 0 Å². The summed E-state index contributed by atoms with van der Waals surface area (Å²) >= 11 is 0. The molecular weight excluding hydrogens is 360 g/mol. The van der Waals surface area contributed by atoms with Gasteiger partial charge < -0.3 is 14.9 Å². The van der Waals surface area contributed by atoms with Gasteiger partial charge in [-0.3, -0.25) is 24.6 Å². The lowest BCUT2D eigenvalue weighted by Gasteiger charge is -2.47. The number of carbonyl (C=O) groups excluding carboxylic acids is 2. The van der Waals surface area contributed by atoms with Crippen LogP contribution in [0.2, 0.25) is 0 Å². The van der Waals surface area contributed by atoms with Gasteiger partial charge in [0.15, 0.2) is 0 Å². The molecule has 2 N–H and O–H groups in total. The molecule has 1 aromatic rings. The fourth-order valence-corrected chi connectivity index (χ4v) is 4.67. The van der Waals surface area contributed by atoms with E-state index in [9.17, 15) is 14.4 Å². The second-order valence-electron chi connectivity index (χ2n) is 7.74. The maximum atomic E-state index is 12.4. The molecule has 0 bridgehead atoms. The SMILES string of the molecule is O=C(O)CN1CCC(N2CCN(C3CCC(=O)NC3=O)c3ccccc32)CC1. The molecule has 0 aliphatic carbocycles. The summed E-state index contributed by atoms with van der Waals surface area (Å²) in [5.74, 6) is -1.18. The number of para-hydroxylation sites is 2. The molecule has 1 unspecified atom stereocenters. The minimum atomic E-state index is -0.776. The number of fused-ring (bicyclic) bond motifs is 1. The van der Waals surface area contributed by atoms with Gasteiger partial charge >= 0.3 is 5.97 Å². The zero-order valence-corrected chi connectivity index (χ0v) is 15.8. The third-order valence-corrected chi connectivity index (χ3v) is 6.03. The van der Waals surface area contributed by atoms with Gasteiger partial charge in [0.05, 0.1) is 17.9 Å². The van der Waals surface area contributed by atoms with Crippen LogP contribution in [0.1, 0.15) is 25.7 Å². The van der Waals surface area contributed by atoms with Gasteiger partial charge in [-0.2, -0.15) is 0 Å². The van der Waals surface area contributed by atoms with E-state index in [4.69, 9.17) is 5.11 Å². The van der Waals surface area contributed by atoms with E-state index in [-0.39, 0.29) is 24.4 Å². The van der Waals surface area contributed by atoms with Gasteiger partial charge in [-0.25, -0.2) is 0 Å². The van der Waals surface area contributed by atoms with Crippen LogP contribution in [0.15, 0.2) is 24.3 Å². The first-order valence-electron chi connectivity index (χ1n) is 9.93. The van der Waals surface area contributed by atoms with Gasteiger partial charge in [-0.05, 0) is 31.4 Å². The normalized spacial score (nSPS) is 24.1. The van der Waals surface area contributed by atoms with E-state index in [1.54, 1.807) is 0 Å². The largest absolute Gasteiger partial charge is 0.480 e. The van der Waals surface area contributed by atoms with Crippen molar-refractivity contribution < 1.29 is 19.5 Å². The Balaban J connectivity index is 1.50. The Bertz CT molecular complexity index is 775. The average molecular weight is 386 g/mol. The summed E-state index contributed by atoms with van der Waals surface area (Å²) in [4.78, 5) is 41.4. The van der Waals surface area contributed by atoms with Crippen LogP contribution in [0.4, 0.5) is 11.4 Å². The highest BCUT2D eigenvalue weighted by Gasteiger charge is 2.37. The highest BCUT2D eigenvalue weighted by molar-refractivity contribution is 6.02. The number of carbonyl (C=O) groups is 3. The Morgan fingerprint density at radius 2 is 1.64 bits per heavy atom. The van der Waals surface area contributed by atoms with Crippen molar-refractivity contribution in [2.24, 2.45) is 0 Å². The van der Waals surface area contributed by atoms with Gasteiger partial charge in [0, 0.05) is 38.6 Å². The molecule has 28 heavy (non-hydrogen) atoms. The van der Waals surface area contributed by atoms with Crippen LogP contribution >= 0.6 is 0 Å². The molecule has 3 aliphatic rings.